The maximum absolute atomic E-state index is 9.40. The summed E-state index contributed by atoms with van der Waals surface area (Å²) >= 11 is 3.23. The zero-order chi connectivity index (χ0) is 11.9. The molecular weight excluding hydrogens is 256 g/mol. The van der Waals surface area contributed by atoms with E-state index in [9.17, 15) is 5.11 Å². The summed E-state index contributed by atoms with van der Waals surface area (Å²) in [5.74, 6) is 0. The van der Waals surface area contributed by atoms with Crippen LogP contribution in [0.1, 0.15) is 20.8 Å². The molecule has 0 aromatic heterocycles. The monoisotopic (exact) mass is 274 g/mol. The maximum Gasteiger partial charge on any atom is 0.0824 e. The molecule has 0 atom stereocenters. The fourth-order valence-electron chi connectivity index (χ4n) is 0.827. The van der Waals surface area contributed by atoms with Crippen LogP contribution in [0.5, 0.6) is 0 Å². The average Bonchev–Trinajstić information content (AvgIpc) is 2.00. The van der Waals surface area contributed by atoms with E-state index in [0.717, 1.165) is 10.1 Å². The van der Waals surface area contributed by atoms with E-state index in [1.54, 1.807) is 13.8 Å². The molecule has 0 bridgehead atoms. The van der Waals surface area contributed by atoms with Crippen LogP contribution < -0.4 is 0 Å². The molecule has 0 radical (unpaired) electrons. The van der Waals surface area contributed by atoms with E-state index < -0.39 is 5.60 Å². The fourth-order valence-corrected chi connectivity index (χ4v) is 0.979. The highest BCUT2D eigenvalue weighted by Crippen LogP contribution is 2.05. The Labute approximate surface area is 100 Å². The maximum atomic E-state index is 9.40. The summed E-state index contributed by atoms with van der Waals surface area (Å²) in [6.45, 7) is 9.98. The molecule has 0 spiro atoms. The molecule has 0 aromatic carbocycles. The van der Waals surface area contributed by atoms with Gasteiger partial charge in [0.15, 0.2) is 0 Å². The highest BCUT2D eigenvalue weighted by Gasteiger charge is 2.11. The third-order valence-electron chi connectivity index (χ3n) is 1.44. The first kappa shape index (κ1) is 14.6. The molecule has 86 valence electrons. The largest absolute Gasteiger partial charge is 0.388 e. The molecule has 0 saturated heterocycles. The SMILES string of the molecule is C=C(Br)/C=C\C=C(/C)COCC(C)(C)O. The Morgan fingerprint density at radius 1 is 1.53 bits per heavy atom. The van der Waals surface area contributed by atoms with Crippen LogP contribution in [0.15, 0.2) is 34.9 Å². The van der Waals surface area contributed by atoms with Gasteiger partial charge in [-0.2, -0.15) is 0 Å². The predicted molar refractivity (Wildman–Crippen MR) is 68.1 cm³/mol. The number of halogens is 1. The van der Waals surface area contributed by atoms with E-state index in [-0.39, 0.29) is 0 Å². The van der Waals surface area contributed by atoms with Crippen LogP contribution >= 0.6 is 15.9 Å². The van der Waals surface area contributed by atoms with Gasteiger partial charge in [0.05, 0.1) is 18.8 Å². The minimum absolute atomic E-state index is 0.340. The van der Waals surface area contributed by atoms with Gasteiger partial charge in [0.2, 0.25) is 0 Å². The highest BCUT2D eigenvalue weighted by molar-refractivity contribution is 9.11. The van der Waals surface area contributed by atoms with E-state index in [0.29, 0.717) is 13.2 Å². The van der Waals surface area contributed by atoms with Gasteiger partial charge in [-0.15, -0.1) is 0 Å². The normalized spacial score (nSPS) is 13.5. The molecule has 0 aliphatic carbocycles. The lowest BCUT2D eigenvalue weighted by Gasteiger charge is -2.16. The lowest BCUT2D eigenvalue weighted by Crippen LogP contribution is -2.26. The second-order valence-corrected chi connectivity index (χ2v) is 5.14. The Kier molecular flexibility index (Phi) is 6.81. The Morgan fingerprint density at radius 3 is 2.60 bits per heavy atom. The molecule has 2 nitrogen and oxygen atoms in total. The van der Waals surface area contributed by atoms with Gasteiger partial charge < -0.3 is 9.84 Å². The van der Waals surface area contributed by atoms with Crippen LogP contribution in [0.3, 0.4) is 0 Å². The number of allylic oxidation sites excluding steroid dienone is 4. The number of hydrogen-bond acceptors (Lipinski definition) is 2. The molecule has 0 heterocycles. The minimum atomic E-state index is -0.764. The van der Waals surface area contributed by atoms with Crippen molar-refractivity contribution in [3.8, 4) is 0 Å². The van der Waals surface area contributed by atoms with E-state index in [2.05, 4.69) is 22.5 Å². The number of aliphatic hydroxyl groups is 1. The average molecular weight is 275 g/mol. The van der Waals surface area contributed by atoms with Gasteiger partial charge in [0.25, 0.3) is 0 Å². The van der Waals surface area contributed by atoms with Crippen LogP contribution in [0.25, 0.3) is 0 Å². The predicted octanol–water partition coefficient (Wildman–Crippen LogP) is 3.19. The Balaban J connectivity index is 3.84. The molecule has 0 aliphatic heterocycles. The van der Waals surface area contributed by atoms with E-state index in [4.69, 9.17) is 4.74 Å². The summed E-state index contributed by atoms with van der Waals surface area (Å²) in [7, 11) is 0. The third-order valence-corrected chi connectivity index (χ3v) is 1.71. The van der Waals surface area contributed by atoms with Crippen molar-refractivity contribution in [1.82, 2.24) is 0 Å². The molecule has 3 heteroatoms. The van der Waals surface area contributed by atoms with Crippen LogP contribution in [0.2, 0.25) is 0 Å². The van der Waals surface area contributed by atoms with Gasteiger partial charge in [0.1, 0.15) is 0 Å². The van der Waals surface area contributed by atoms with Crippen LogP contribution in [-0.4, -0.2) is 23.9 Å². The second kappa shape index (κ2) is 6.99. The first-order valence-corrected chi connectivity index (χ1v) is 5.59. The number of rotatable bonds is 6. The topological polar surface area (TPSA) is 29.5 Å². The second-order valence-electron chi connectivity index (χ2n) is 4.12. The molecule has 0 fully saturated rings. The Bertz CT molecular complexity index is 259. The fraction of sp³-hybridized carbons (Fsp3) is 0.500. The van der Waals surface area contributed by atoms with E-state index in [1.165, 1.54) is 0 Å². The lowest BCUT2D eigenvalue weighted by atomic mass is 10.2. The number of ether oxygens (including phenoxy) is 1. The lowest BCUT2D eigenvalue weighted by molar-refractivity contribution is -0.0141. The molecule has 0 aromatic rings. The van der Waals surface area contributed by atoms with E-state index in [1.807, 2.05) is 25.2 Å². The van der Waals surface area contributed by atoms with Crippen molar-refractivity contribution < 1.29 is 9.84 Å². The van der Waals surface area contributed by atoms with Crippen molar-refractivity contribution >= 4 is 15.9 Å². The summed E-state index contributed by atoms with van der Waals surface area (Å²) < 4.78 is 6.17. The van der Waals surface area contributed by atoms with Crippen LogP contribution in [0.4, 0.5) is 0 Å². The van der Waals surface area contributed by atoms with Crippen molar-refractivity contribution in [2.24, 2.45) is 0 Å². The quantitative estimate of drug-likeness (QED) is 0.754. The smallest absolute Gasteiger partial charge is 0.0824 e. The zero-order valence-corrected chi connectivity index (χ0v) is 11.2. The molecule has 0 aliphatic rings. The van der Waals surface area contributed by atoms with Crippen molar-refractivity contribution in [1.29, 1.82) is 0 Å². The first-order chi connectivity index (χ1) is 6.81. The van der Waals surface area contributed by atoms with Crippen molar-refractivity contribution in [3.63, 3.8) is 0 Å². The molecule has 0 rings (SSSR count). The molecule has 0 unspecified atom stereocenters. The zero-order valence-electron chi connectivity index (χ0n) is 9.59. The summed E-state index contributed by atoms with van der Waals surface area (Å²) in [5, 5.41) is 9.40. The first-order valence-electron chi connectivity index (χ1n) is 4.79. The summed E-state index contributed by atoms with van der Waals surface area (Å²) in [6, 6.07) is 0. The van der Waals surface area contributed by atoms with Gasteiger partial charge in [-0.05, 0) is 32.4 Å². The van der Waals surface area contributed by atoms with Crippen LogP contribution in [-0.2, 0) is 4.74 Å². The standard InChI is InChI=1S/C12H19BrO2/c1-10(6-5-7-11(2)13)8-15-9-12(3,4)14/h5-7,14H,2,8-9H2,1,3-4H3/b7-5-,10-6+. The minimum Gasteiger partial charge on any atom is -0.388 e. The van der Waals surface area contributed by atoms with Gasteiger partial charge in [0, 0.05) is 4.48 Å². The molecule has 0 saturated carbocycles. The Morgan fingerprint density at radius 2 is 2.13 bits per heavy atom. The summed E-state index contributed by atoms with van der Waals surface area (Å²) in [6.07, 6.45) is 5.72. The highest BCUT2D eigenvalue weighted by atomic mass is 79.9. The molecule has 15 heavy (non-hydrogen) atoms. The van der Waals surface area contributed by atoms with Gasteiger partial charge in [-0.3, -0.25) is 0 Å². The van der Waals surface area contributed by atoms with Gasteiger partial charge in [-0.1, -0.05) is 34.7 Å². The molecule has 0 amide bonds. The summed E-state index contributed by atoms with van der Waals surface area (Å²) in [5.41, 5.74) is 0.338. The van der Waals surface area contributed by atoms with Crippen LogP contribution in [0, 0.1) is 0 Å². The summed E-state index contributed by atoms with van der Waals surface area (Å²) in [4.78, 5) is 0. The van der Waals surface area contributed by atoms with Gasteiger partial charge >= 0.3 is 0 Å². The van der Waals surface area contributed by atoms with Crippen molar-refractivity contribution in [3.05, 3.63) is 34.9 Å². The van der Waals surface area contributed by atoms with E-state index >= 15 is 0 Å². The van der Waals surface area contributed by atoms with Crippen molar-refractivity contribution in [2.75, 3.05) is 13.2 Å². The number of hydrogen-bond donors (Lipinski definition) is 1. The molecular formula is C12H19BrO2. The van der Waals surface area contributed by atoms with Gasteiger partial charge in [-0.25, -0.2) is 0 Å². The van der Waals surface area contributed by atoms with Crippen molar-refractivity contribution in [2.45, 2.75) is 26.4 Å². The Hall–Kier alpha value is -0.380. The molecule has 1 N–H and O–H groups in total. The third kappa shape index (κ3) is 11.5.